The Labute approximate surface area is 171 Å². The van der Waals surface area contributed by atoms with Crippen LogP contribution in [0, 0.1) is 5.92 Å². The maximum Gasteiger partial charge on any atom is 0.249 e. The summed E-state index contributed by atoms with van der Waals surface area (Å²) in [7, 11) is 1.62. The van der Waals surface area contributed by atoms with Crippen molar-refractivity contribution in [2.45, 2.75) is 57.8 Å². The second kappa shape index (κ2) is 8.31. The Morgan fingerprint density at radius 3 is 2.76 bits per heavy atom. The van der Waals surface area contributed by atoms with Crippen LogP contribution in [0.15, 0.2) is 42.6 Å². The number of hydrogen-bond acceptors (Lipinski definition) is 3. The van der Waals surface area contributed by atoms with E-state index in [-0.39, 0.29) is 24.4 Å². The molecule has 3 atom stereocenters. The normalized spacial score (nSPS) is 24.1. The van der Waals surface area contributed by atoms with Crippen molar-refractivity contribution in [3.8, 4) is 5.75 Å². The molecule has 0 spiro atoms. The topological polar surface area (TPSA) is 63.6 Å². The molecule has 2 aromatic rings. The number of methoxy groups -OCH3 is 1. The number of aromatic nitrogens is 1. The van der Waals surface area contributed by atoms with Crippen LogP contribution in [0.4, 0.5) is 0 Å². The highest BCUT2D eigenvalue weighted by molar-refractivity contribution is 5.90. The molecule has 2 aliphatic rings. The van der Waals surface area contributed by atoms with E-state index in [0.29, 0.717) is 12.5 Å². The lowest BCUT2D eigenvalue weighted by molar-refractivity contribution is -0.145. The fourth-order valence-corrected chi connectivity index (χ4v) is 4.62. The summed E-state index contributed by atoms with van der Waals surface area (Å²) >= 11 is 0. The predicted molar refractivity (Wildman–Crippen MR) is 110 cm³/mol. The van der Waals surface area contributed by atoms with Crippen molar-refractivity contribution in [3.63, 3.8) is 0 Å². The van der Waals surface area contributed by atoms with Crippen LogP contribution < -0.4 is 10.1 Å². The Balaban J connectivity index is 1.63. The molecule has 1 fully saturated rings. The average Bonchev–Trinajstić information content (AvgIpc) is 3.18. The summed E-state index contributed by atoms with van der Waals surface area (Å²) in [6.45, 7) is 2.79. The first-order chi connectivity index (χ1) is 14.1. The summed E-state index contributed by atoms with van der Waals surface area (Å²) in [4.78, 5) is 28.1. The summed E-state index contributed by atoms with van der Waals surface area (Å²) in [6.07, 6.45) is 6.37. The standard InChI is InChI=1S/C23H29N3O3/c1-16-8-3-5-10-18(16)24-23(28)22-19-11-7-13-25(19)15-21(27)26(22)14-17-9-4-6-12-20(17)29-2/h4,6-7,9,11-13,16,18,22H,3,5,8,10,14-15H2,1-2H3,(H,24,28)/t16-,18+,22+/m0/s1. The number of ether oxygens (including phenoxy) is 1. The summed E-state index contributed by atoms with van der Waals surface area (Å²) in [5.74, 6) is 1.03. The molecule has 6 heteroatoms. The molecule has 0 radical (unpaired) electrons. The fraction of sp³-hybridized carbons (Fsp3) is 0.478. The second-order valence-electron chi connectivity index (χ2n) is 8.17. The van der Waals surface area contributed by atoms with E-state index >= 15 is 0 Å². The van der Waals surface area contributed by atoms with Crippen molar-refractivity contribution in [3.05, 3.63) is 53.9 Å². The molecule has 1 aliphatic heterocycles. The molecule has 1 saturated carbocycles. The third kappa shape index (κ3) is 3.88. The SMILES string of the molecule is COc1ccccc1CN1C(=O)Cn2cccc2[C@@H]1C(=O)N[C@@H]1CCCC[C@@H]1C. The summed E-state index contributed by atoms with van der Waals surface area (Å²) in [6, 6.07) is 11.0. The highest BCUT2D eigenvalue weighted by Crippen LogP contribution is 2.32. The fourth-order valence-electron chi connectivity index (χ4n) is 4.62. The summed E-state index contributed by atoms with van der Waals surface area (Å²) in [5.41, 5.74) is 1.76. The second-order valence-corrected chi connectivity index (χ2v) is 8.17. The van der Waals surface area contributed by atoms with Crippen molar-refractivity contribution >= 4 is 11.8 Å². The zero-order valence-corrected chi connectivity index (χ0v) is 17.1. The van der Waals surface area contributed by atoms with Crippen LogP contribution in [0.25, 0.3) is 0 Å². The molecule has 1 aliphatic carbocycles. The van der Waals surface area contributed by atoms with Crippen LogP contribution in [0.3, 0.4) is 0 Å². The van der Waals surface area contributed by atoms with Gasteiger partial charge in [0, 0.05) is 17.8 Å². The minimum atomic E-state index is -0.634. The quantitative estimate of drug-likeness (QED) is 0.845. The van der Waals surface area contributed by atoms with Crippen molar-refractivity contribution in [2.75, 3.05) is 7.11 Å². The Morgan fingerprint density at radius 2 is 1.97 bits per heavy atom. The third-order valence-electron chi connectivity index (χ3n) is 6.30. The molecule has 1 aromatic carbocycles. The van der Waals surface area contributed by atoms with Crippen LogP contribution in [0.5, 0.6) is 5.75 Å². The number of rotatable bonds is 5. The van der Waals surface area contributed by atoms with Gasteiger partial charge in [-0.25, -0.2) is 0 Å². The maximum absolute atomic E-state index is 13.4. The smallest absolute Gasteiger partial charge is 0.249 e. The van der Waals surface area contributed by atoms with Crippen LogP contribution in [-0.4, -0.2) is 34.4 Å². The van der Waals surface area contributed by atoms with E-state index < -0.39 is 6.04 Å². The van der Waals surface area contributed by atoms with Crippen molar-refractivity contribution < 1.29 is 14.3 Å². The molecular weight excluding hydrogens is 366 g/mol. The van der Waals surface area contributed by atoms with E-state index in [1.54, 1.807) is 12.0 Å². The molecule has 0 bridgehead atoms. The van der Waals surface area contributed by atoms with Crippen LogP contribution in [-0.2, 0) is 22.7 Å². The Kier molecular flexibility index (Phi) is 5.60. The van der Waals surface area contributed by atoms with Gasteiger partial charge in [-0.05, 0) is 37.0 Å². The Hall–Kier alpha value is -2.76. The van der Waals surface area contributed by atoms with Gasteiger partial charge in [0.1, 0.15) is 12.3 Å². The molecule has 29 heavy (non-hydrogen) atoms. The first-order valence-electron chi connectivity index (χ1n) is 10.4. The average molecular weight is 396 g/mol. The third-order valence-corrected chi connectivity index (χ3v) is 6.30. The van der Waals surface area contributed by atoms with Crippen molar-refractivity contribution in [2.24, 2.45) is 5.92 Å². The van der Waals surface area contributed by atoms with Gasteiger partial charge < -0.3 is 19.5 Å². The first kappa shape index (κ1) is 19.6. The first-order valence-corrected chi connectivity index (χ1v) is 10.4. The van der Waals surface area contributed by atoms with Gasteiger partial charge in [-0.1, -0.05) is 38.0 Å². The van der Waals surface area contributed by atoms with E-state index in [9.17, 15) is 9.59 Å². The van der Waals surface area contributed by atoms with Crippen LogP contribution >= 0.6 is 0 Å². The lowest BCUT2D eigenvalue weighted by Crippen LogP contribution is -2.51. The number of amides is 2. The van der Waals surface area contributed by atoms with Gasteiger partial charge >= 0.3 is 0 Å². The van der Waals surface area contributed by atoms with Gasteiger partial charge in [0.05, 0.1) is 19.3 Å². The molecule has 2 heterocycles. The van der Waals surface area contributed by atoms with Gasteiger partial charge in [-0.3, -0.25) is 9.59 Å². The zero-order chi connectivity index (χ0) is 20.4. The number of benzene rings is 1. The maximum atomic E-state index is 13.4. The lowest BCUT2D eigenvalue weighted by Gasteiger charge is -2.38. The molecule has 0 saturated heterocycles. The number of carbonyl (C=O) groups is 2. The van der Waals surface area contributed by atoms with Gasteiger partial charge in [0.25, 0.3) is 0 Å². The molecule has 4 rings (SSSR count). The van der Waals surface area contributed by atoms with Gasteiger partial charge in [0.2, 0.25) is 11.8 Å². The number of carbonyl (C=O) groups excluding carboxylic acids is 2. The highest BCUT2D eigenvalue weighted by Gasteiger charge is 2.39. The summed E-state index contributed by atoms with van der Waals surface area (Å²) < 4.78 is 7.35. The molecule has 6 nitrogen and oxygen atoms in total. The predicted octanol–water partition coefficient (Wildman–Crippen LogP) is 3.28. The number of nitrogens with zero attached hydrogens (tertiary/aromatic N) is 2. The van der Waals surface area contributed by atoms with Crippen molar-refractivity contribution in [1.82, 2.24) is 14.8 Å². The lowest BCUT2D eigenvalue weighted by atomic mass is 9.85. The Bertz CT molecular complexity index is 891. The summed E-state index contributed by atoms with van der Waals surface area (Å²) in [5, 5.41) is 3.26. The molecular formula is C23H29N3O3. The number of para-hydroxylation sites is 1. The highest BCUT2D eigenvalue weighted by atomic mass is 16.5. The minimum Gasteiger partial charge on any atom is -0.496 e. The number of hydrogen-bond donors (Lipinski definition) is 1. The minimum absolute atomic E-state index is 0.0588. The number of fused-ring (bicyclic) bond motifs is 1. The zero-order valence-electron chi connectivity index (χ0n) is 17.1. The molecule has 1 N–H and O–H groups in total. The van der Waals surface area contributed by atoms with E-state index in [4.69, 9.17) is 4.74 Å². The van der Waals surface area contributed by atoms with Gasteiger partial charge in [0.15, 0.2) is 6.04 Å². The Morgan fingerprint density at radius 1 is 1.17 bits per heavy atom. The molecule has 0 unspecified atom stereocenters. The molecule has 1 aromatic heterocycles. The monoisotopic (exact) mass is 395 g/mol. The van der Waals surface area contributed by atoms with E-state index in [2.05, 4.69) is 12.2 Å². The van der Waals surface area contributed by atoms with Crippen molar-refractivity contribution in [1.29, 1.82) is 0 Å². The van der Waals surface area contributed by atoms with E-state index in [1.807, 2.05) is 47.2 Å². The van der Waals surface area contributed by atoms with Crippen LogP contribution in [0.2, 0.25) is 0 Å². The van der Waals surface area contributed by atoms with E-state index in [0.717, 1.165) is 36.3 Å². The molecule has 2 amide bonds. The van der Waals surface area contributed by atoms with Gasteiger partial charge in [-0.2, -0.15) is 0 Å². The van der Waals surface area contributed by atoms with E-state index in [1.165, 1.54) is 6.42 Å². The largest absolute Gasteiger partial charge is 0.496 e. The molecule has 154 valence electrons. The number of nitrogens with one attached hydrogen (secondary N) is 1. The van der Waals surface area contributed by atoms with Gasteiger partial charge in [-0.15, -0.1) is 0 Å². The van der Waals surface area contributed by atoms with Crippen LogP contribution in [0.1, 0.15) is 49.9 Å².